The van der Waals surface area contributed by atoms with Crippen LogP contribution in [0.1, 0.15) is 0 Å². The number of aromatic nitrogens is 3. The van der Waals surface area contributed by atoms with Gasteiger partial charge < -0.3 is 9.73 Å². The van der Waals surface area contributed by atoms with E-state index < -0.39 is 0 Å². The lowest BCUT2D eigenvalue weighted by molar-refractivity contribution is -0.113. The number of anilines is 1. The molecule has 2 aromatic heterocycles. The number of carbonyl (C=O) groups excluding carboxylic acids is 1. The van der Waals surface area contributed by atoms with Gasteiger partial charge in [-0.3, -0.25) is 4.79 Å². The van der Waals surface area contributed by atoms with E-state index in [2.05, 4.69) is 36.4 Å². The molecule has 0 aliphatic heterocycles. The van der Waals surface area contributed by atoms with E-state index in [9.17, 15) is 4.79 Å². The van der Waals surface area contributed by atoms with Crippen molar-refractivity contribution in [2.75, 3.05) is 11.1 Å². The minimum absolute atomic E-state index is 0.100. The monoisotopic (exact) mass is 540 g/mol. The van der Waals surface area contributed by atoms with Crippen LogP contribution in [0.3, 0.4) is 0 Å². The maximum Gasteiger partial charge on any atom is 0.277 e. The number of hydrogen-bond acceptors (Lipinski definition) is 7. The normalized spacial score (nSPS) is 10.9. The highest BCUT2D eigenvalue weighted by Gasteiger charge is 2.15. The van der Waals surface area contributed by atoms with Crippen molar-refractivity contribution in [2.45, 2.75) is 5.22 Å². The summed E-state index contributed by atoms with van der Waals surface area (Å²) in [6.07, 6.45) is 0. The average molecular weight is 542 g/mol. The van der Waals surface area contributed by atoms with Crippen LogP contribution in [0, 0.1) is 0 Å². The number of carbonyl (C=O) groups is 1. The van der Waals surface area contributed by atoms with Crippen molar-refractivity contribution in [3.63, 3.8) is 0 Å². The molecule has 4 rings (SSSR count). The molecule has 30 heavy (non-hydrogen) atoms. The Balaban J connectivity index is 1.34. The average Bonchev–Trinajstić information content (AvgIpc) is 3.37. The van der Waals surface area contributed by atoms with Crippen molar-refractivity contribution in [3.8, 4) is 22.7 Å². The molecule has 0 spiro atoms. The van der Waals surface area contributed by atoms with Gasteiger partial charge in [-0.05, 0) is 30.3 Å². The summed E-state index contributed by atoms with van der Waals surface area (Å²) in [5.74, 6) is 0.142. The van der Waals surface area contributed by atoms with Gasteiger partial charge in [0.15, 0.2) is 5.13 Å². The molecule has 2 aromatic carbocycles. The van der Waals surface area contributed by atoms with Crippen molar-refractivity contribution in [3.05, 3.63) is 62.4 Å². The van der Waals surface area contributed by atoms with Crippen LogP contribution in [0.2, 0.25) is 10.0 Å². The number of hydrogen-bond donors (Lipinski definition) is 1. The number of rotatable bonds is 6. The van der Waals surface area contributed by atoms with E-state index in [-0.39, 0.29) is 22.8 Å². The van der Waals surface area contributed by atoms with Gasteiger partial charge in [0.2, 0.25) is 11.8 Å². The lowest BCUT2D eigenvalue weighted by Gasteiger charge is -2.00. The van der Waals surface area contributed by atoms with Gasteiger partial charge in [0.05, 0.1) is 22.0 Å². The van der Waals surface area contributed by atoms with E-state index >= 15 is 0 Å². The molecular formula is C19H11BrCl2N4O2S2. The molecule has 0 bridgehead atoms. The molecule has 0 aliphatic rings. The van der Waals surface area contributed by atoms with Crippen LogP contribution >= 0.6 is 62.2 Å². The summed E-state index contributed by atoms with van der Waals surface area (Å²) < 4.78 is 6.57. The van der Waals surface area contributed by atoms with E-state index in [1.165, 1.54) is 11.3 Å². The molecule has 0 unspecified atom stereocenters. The summed E-state index contributed by atoms with van der Waals surface area (Å²) in [5.41, 5.74) is 2.36. The highest BCUT2D eigenvalue weighted by Crippen LogP contribution is 2.31. The van der Waals surface area contributed by atoms with E-state index in [1.807, 2.05) is 29.6 Å². The first-order valence-corrected chi connectivity index (χ1v) is 11.8. The minimum Gasteiger partial charge on any atom is -0.411 e. The molecule has 0 radical (unpaired) electrons. The molecule has 0 atom stereocenters. The van der Waals surface area contributed by atoms with Crippen LogP contribution in [0.5, 0.6) is 0 Å². The summed E-state index contributed by atoms with van der Waals surface area (Å²) in [4.78, 5) is 16.7. The van der Waals surface area contributed by atoms with Gasteiger partial charge in [0.1, 0.15) is 0 Å². The van der Waals surface area contributed by atoms with Crippen LogP contribution in [-0.2, 0) is 4.79 Å². The minimum atomic E-state index is -0.221. The van der Waals surface area contributed by atoms with E-state index in [4.69, 9.17) is 27.6 Å². The summed E-state index contributed by atoms with van der Waals surface area (Å²) in [5, 5.41) is 14.3. The van der Waals surface area contributed by atoms with Crippen molar-refractivity contribution >= 4 is 73.3 Å². The molecule has 152 valence electrons. The predicted molar refractivity (Wildman–Crippen MR) is 124 cm³/mol. The third-order valence-electron chi connectivity index (χ3n) is 3.79. The second kappa shape index (κ2) is 9.49. The molecule has 6 nitrogen and oxygen atoms in total. The fourth-order valence-corrected chi connectivity index (χ4v) is 4.46. The second-order valence-electron chi connectivity index (χ2n) is 5.88. The third-order valence-corrected chi connectivity index (χ3v) is 6.44. The van der Waals surface area contributed by atoms with Crippen molar-refractivity contribution in [2.24, 2.45) is 0 Å². The zero-order valence-corrected chi connectivity index (χ0v) is 19.7. The largest absolute Gasteiger partial charge is 0.411 e. The number of halogens is 3. The number of nitrogens with one attached hydrogen (secondary N) is 1. The van der Waals surface area contributed by atoms with Gasteiger partial charge in [-0.2, -0.15) is 0 Å². The highest BCUT2D eigenvalue weighted by atomic mass is 79.9. The first-order valence-electron chi connectivity index (χ1n) is 8.41. The first-order chi connectivity index (χ1) is 14.5. The molecule has 11 heteroatoms. The van der Waals surface area contributed by atoms with Crippen LogP contribution in [0.25, 0.3) is 22.7 Å². The summed E-state index contributed by atoms with van der Waals surface area (Å²) in [6.45, 7) is 0. The number of thioether (sulfide) groups is 1. The number of amides is 1. The van der Waals surface area contributed by atoms with E-state index in [0.717, 1.165) is 27.5 Å². The van der Waals surface area contributed by atoms with Gasteiger partial charge in [0, 0.05) is 20.4 Å². The smallest absolute Gasteiger partial charge is 0.277 e. The standard InChI is InChI=1S/C19H11BrCl2N4O2S2/c20-11-3-1-10(2-4-11)15-8-29-18(23-15)24-16(27)9-30-19-26-25-17(28-19)13-6-5-12(21)7-14(13)22/h1-8H,9H2,(H,23,24,27). The number of nitrogens with zero attached hydrogens (tertiary/aromatic N) is 3. The zero-order valence-electron chi connectivity index (χ0n) is 14.9. The van der Waals surface area contributed by atoms with Crippen LogP contribution in [0.4, 0.5) is 5.13 Å². The van der Waals surface area contributed by atoms with Gasteiger partial charge in [0.25, 0.3) is 5.22 Å². The van der Waals surface area contributed by atoms with E-state index in [0.29, 0.717) is 20.7 Å². The lowest BCUT2D eigenvalue weighted by atomic mass is 10.2. The molecule has 1 amide bonds. The van der Waals surface area contributed by atoms with Crippen molar-refractivity contribution in [1.82, 2.24) is 15.2 Å². The summed E-state index contributed by atoms with van der Waals surface area (Å²) >= 11 is 17.9. The van der Waals surface area contributed by atoms with Crippen molar-refractivity contribution < 1.29 is 9.21 Å². The SMILES string of the molecule is O=C(CSc1nnc(-c2ccc(Cl)cc2Cl)o1)Nc1nc(-c2ccc(Br)cc2)cs1. The number of benzene rings is 2. The molecule has 0 aliphatic carbocycles. The molecular weight excluding hydrogens is 531 g/mol. The van der Waals surface area contributed by atoms with Crippen LogP contribution in [0.15, 0.2) is 62.0 Å². The maximum atomic E-state index is 12.2. The molecule has 0 fully saturated rings. The van der Waals surface area contributed by atoms with Gasteiger partial charge in [-0.15, -0.1) is 21.5 Å². The van der Waals surface area contributed by atoms with Gasteiger partial charge in [-0.1, -0.05) is 63.0 Å². The molecule has 1 N–H and O–H groups in total. The Morgan fingerprint density at radius 2 is 1.97 bits per heavy atom. The fraction of sp³-hybridized carbons (Fsp3) is 0.0526. The fourth-order valence-electron chi connectivity index (χ4n) is 2.41. The lowest BCUT2D eigenvalue weighted by Crippen LogP contribution is -2.13. The molecule has 0 saturated heterocycles. The topological polar surface area (TPSA) is 80.9 Å². The van der Waals surface area contributed by atoms with Gasteiger partial charge in [-0.25, -0.2) is 4.98 Å². The third kappa shape index (κ3) is 5.22. The molecule has 2 heterocycles. The van der Waals surface area contributed by atoms with Crippen LogP contribution in [-0.4, -0.2) is 26.8 Å². The molecule has 4 aromatic rings. The summed E-state index contributed by atoms with van der Waals surface area (Å²) in [7, 11) is 0. The Morgan fingerprint density at radius 1 is 1.17 bits per heavy atom. The first kappa shape index (κ1) is 21.3. The Labute approximate surface area is 198 Å². The summed E-state index contributed by atoms with van der Waals surface area (Å²) in [6, 6.07) is 12.8. The Bertz CT molecular complexity index is 1200. The van der Waals surface area contributed by atoms with E-state index in [1.54, 1.807) is 18.2 Å². The molecule has 0 saturated carbocycles. The van der Waals surface area contributed by atoms with Crippen molar-refractivity contribution in [1.29, 1.82) is 0 Å². The Morgan fingerprint density at radius 3 is 2.73 bits per heavy atom. The van der Waals surface area contributed by atoms with Crippen LogP contribution < -0.4 is 5.32 Å². The number of thiazole rings is 1. The Kier molecular flexibility index (Phi) is 6.74. The highest BCUT2D eigenvalue weighted by molar-refractivity contribution is 9.10. The zero-order chi connectivity index (χ0) is 21.1. The quantitative estimate of drug-likeness (QED) is 0.275. The second-order valence-corrected chi connectivity index (χ2v) is 9.42. The maximum absolute atomic E-state index is 12.2. The van der Waals surface area contributed by atoms with Gasteiger partial charge >= 0.3 is 0 Å². The predicted octanol–water partition coefficient (Wildman–Crippen LogP) is 6.66. The Hall–Kier alpha value is -1.91.